The highest BCUT2D eigenvalue weighted by Gasteiger charge is 2.74. The first-order chi connectivity index (χ1) is 18.5. The lowest BCUT2D eigenvalue weighted by Gasteiger charge is -2.64. The third-order valence-electron chi connectivity index (χ3n) is 12.2. The predicted octanol–water partition coefficient (Wildman–Crippen LogP) is 2.27. The van der Waals surface area contributed by atoms with E-state index in [9.17, 15) is 39.6 Å². The Morgan fingerprint density at radius 1 is 1.05 bits per heavy atom. The van der Waals surface area contributed by atoms with Crippen LogP contribution in [0.4, 0.5) is 0 Å². The summed E-state index contributed by atoms with van der Waals surface area (Å²) in [5, 5.41) is 47.4. The Morgan fingerprint density at radius 3 is 2.17 bits per heavy atom. The number of ketones is 3. The summed E-state index contributed by atoms with van der Waals surface area (Å²) in [6.07, 6.45) is 0.425. The van der Waals surface area contributed by atoms with Crippen molar-refractivity contribution in [1.29, 1.82) is 0 Å². The summed E-state index contributed by atoms with van der Waals surface area (Å²) < 4.78 is 0. The van der Waals surface area contributed by atoms with Crippen molar-refractivity contribution in [2.45, 2.75) is 124 Å². The Labute approximate surface area is 243 Å². The number of allylic oxidation sites excluding steroid dienone is 2. The topological polar surface area (TPSA) is 161 Å². The maximum atomic E-state index is 14.4. The first-order valence-electron chi connectivity index (χ1n) is 14.9. The lowest BCUT2D eigenvalue weighted by molar-refractivity contribution is -0.185. The van der Waals surface area contributed by atoms with E-state index in [1.54, 1.807) is 13.8 Å². The van der Waals surface area contributed by atoms with Gasteiger partial charge in [0, 0.05) is 36.5 Å². The third-order valence-corrected chi connectivity index (χ3v) is 12.2. The molecule has 0 radical (unpaired) electrons. The van der Waals surface area contributed by atoms with Gasteiger partial charge in [-0.05, 0) is 76.5 Å². The van der Waals surface area contributed by atoms with Gasteiger partial charge in [0.1, 0.15) is 17.5 Å². The molecule has 41 heavy (non-hydrogen) atoms. The van der Waals surface area contributed by atoms with Crippen molar-refractivity contribution in [3.8, 4) is 0 Å². The number of hydrogen-bond donors (Lipinski definition) is 5. The molecular weight excluding hydrogens is 526 g/mol. The summed E-state index contributed by atoms with van der Waals surface area (Å²) in [5.74, 6) is -2.90. The Balaban J connectivity index is 1.75. The van der Waals surface area contributed by atoms with Crippen molar-refractivity contribution in [3.05, 3.63) is 11.6 Å². The lowest BCUT2D eigenvalue weighted by atomic mass is 9.38. The largest absolute Gasteiger partial charge is 0.393 e. The molecule has 4 aliphatic carbocycles. The molecule has 4 rings (SSSR count). The molecule has 9 heteroatoms. The zero-order chi connectivity index (χ0) is 31.3. The van der Waals surface area contributed by atoms with E-state index < -0.39 is 68.7 Å². The Bertz CT molecular complexity index is 1200. The number of aliphatic hydroxyl groups is 4. The second kappa shape index (κ2) is 9.53. The number of aliphatic hydroxyl groups excluding tert-OH is 2. The molecule has 230 valence electrons. The van der Waals surface area contributed by atoms with E-state index >= 15 is 0 Å². The van der Waals surface area contributed by atoms with Gasteiger partial charge in [0.15, 0.2) is 11.6 Å². The summed E-state index contributed by atoms with van der Waals surface area (Å²) in [6, 6.07) is -0.960. The SMILES string of the molecule is CC(=O)NC(CC(=O)C(C)(O)C1C(O)CC2(C)C3CC=C4C(CC(O)C(=O)C4(C)C)C3(C)C(=O)CC12C)C(C)(C)O. The molecular formula is C32H49NO8. The minimum Gasteiger partial charge on any atom is -0.393 e. The van der Waals surface area contributed by atoms with Gasteiger partial charge in [0.05, 0.1) is 17.7 Å². The summed E-state index contributed by atoms with van der Waals surface area (Å²) in [7, 11) is 0. The van der Waals surface area contributed by atoms with Crippen molar-refractivity contribution in [2.24, 2.45) is 39.4 Å². The molecule has 9 nitrogen and oxygen atoms in total. The summed E-state index contributed by atoms with van der Waals surface area (Å²) in [5.41, 5.74) is -5.99. The molecule has 0 aliphatic heterocycles. The molecule has 0 saturated heterocycles. The fourth-order valence-electron chi connectivity index (χ4n) is 9.68. The highest BCUT2D eigenvalue weighted by molar-refractivity contribution is 5.95. The van der Waals surface area contributed by atoms with E-state index in [0.717, 1.165) is 5.57 Å². The number of carbonyl (C=O) groups is 4. The van der Waals surface area contributed by atoms with Gasteiger partial charge in [0.2, 0.25) is 5.91 Å². The molecule has 5 N–H and O–H groups in total. The van der Waals surface area contributed by atoms with Crippen molar-refractivity contribution < 1.29 is 39.6 Å². The monoisotopic (exact) mass is 575 g/mol. The number of hydrogen-bond acceptors (Lipinski definition) is 8. The smallest absolute Gasteiger partial charge is 0.217 e. The number of carbonyl (C=O) groups excluding carboxylic acids is 4. The number of amides is 1. The average molecular weight is 576 g/mol. The standard InChI is InChI=1S/C32H49NO8/c1-16(34)33-22(28(4,5)40)13-23(37)32(9,41)25-20(36)14-29(6)21-11-10-17-18(12-19(35)26(39)27(17,2)3)31(21,8)24(38)15-30(25,29)7/h10,18-22,25,35-36,40-41H,11-15H2,1-9H3,(H,33,34). The van der Waals surface area contributed by atoms with Crippen LogP contribution in [0.15, 0.2) is 11.6 Å². The minimum absolute atomic E-state index is 0.0243. The second-order valence-corrected chi connectivity index (χ2v) is 15.4. The third kappa shape index (κ3) is 4.40. The number of rotatable bonds is 6. The Hall–Kier alpha value is -1.94. The molecule has 0 aromatic carbocycles. The first kappa shape index (κ1) is 32.0. The summed E-state index contributed by atoms with van der Waals surface area (Å²) in [6.45, 7) is 15.1. The van der Waals surface area contributed by atoms with Crippen LogP contribution in [0.25, 0.3) is 0 Å². The van der Waals surface area contributed by atoms with Crippen LogP contribution in [0.2, 0.25) is 0 Å². The van der Waals surface area contributed by atoms with E-state index in [1.165, 1.54) is 27.7 Å². The molecule has 0 heterocycles. The Morgan fingerprint density at radius 2 is 1.63 bits per heavy atom. The normalized spacial score (nSPS) is 42.3. The number of fused-ring (bicyclic) bond motifs is 5. The molecule has 0 aromatic heterocycles. The molecule has 0 spiro atoms. The quantitative estimate of drug-likeness (QED) is 0.302. The first-order valence-corrected chi connectivity index (χ1v) is 14.9. The van der Waals surface area contributed by atoms with Gasteiger partial charge in [0.25, 0.3) is 0 Å². The van der Waals surface area contributed by atoms with Gasteiger partial charge in [-0.2, -0.15) is 0 Å². The number of Topliss-reactive ketones (excluding diaryl/α,β-unsaturated/α-hetero) is 3. The number of nitrogens with one attached hydrogen (secondary N) is 1. The molecule has 3 fully saturated rings. The molecule has 1 amide bonds. The summed E-state index contributed by atoms with van der Waals surface area (Å²) in [4.78, 5) is 52.8. The molecule has 0 aromatic rings. The Kier molecular flexibility index (Phi) is 7.43. The van der Waals surface area contributed by atoms with E-state index in [1.807, 2.05) is 20.8 Å². The van der Waals surface area contributed by atoms with E-state index in [2.05, 4.69) is 11.4 Å². The van der Waals surface area contributed by atoms with Crippen molar-refractivity contribution in [1.82, 2.24) is 5.32 Å². The van der Waals surface area contributed by atoms with Crippen LogP contribution in [0.5, 0.6) is 0 Å². The summed E-state index contributed by atoms with van der Waals surface area (Å²) >= 11 is 0. The van der Waals surface area contributed by atoms with Crippen LogP contribution < -0.4 is 5.32 Å². The molecule has 0 bridgehead atoms. The fraction of sp³-hybridized carbons (Fsp3) is 0.812. The molecule has 3 saturated carbocycles. The highest BCUT2D eigenvalue weighted by Crippen LogP contribution is 2.74. The van der Waals surface area contributed by atoms with Crippen molar-refractivity contribution in [3.63, 3.8) is 0 Å². The maximum Gasteiger partial charge on any atom is 0.217 e. The lowest BCUT2D eigenvalue weighted by Crippen LogP contribution is -2.65. The fourth-order valence-corrected chi connectivity index (χ4v) is 9.68. The van der Waals surface area contributed by atoms with Gasteiger partial charge in [-0.15, -0.1) is 0 Å². The van der Waals surface area contributed by atoms with Gasteiger partial charge in [-0.25, -0.2) is 0 Å². The van der Waals surface area contributed by atoms with E-state index in [4.69, 9.17) is 0 Å². The highest BCUT2D eigenvalue weighted by atomic mass is 16.3. The van der Waals surface area contributed by atoms with Gasteiger partial charge in [-0.1, -0.05) is 32.4 Å². The molecule has 10 atom stereocenters. The van der Waals surface area contributed by atoms with Crippen LogP contribution in [-0.4, -0.2) is 73.1 Å². The second-order valence-electron chi connectivity index (χ2n) is 15.4. The zero-order valence-corrected chi connectivity index (χ0v) is 26.0. The van der Waals surface area contributed by atoms with Crippen LogP contribution in [0.3, 0.4) is 0 Å². The average Bonchev–Trinajstić information content (AvgIpc) is 3.02. The molecule has 10 unspecified atom stereocenters. The van der Waals surface area contributed by atoms with Crippen molar-refractivity contribution in [2.75, 3.05) is 0 Å². The van der Waals surface area contributed by atoms with Crippen LogP contribution in [0.1, 0.15) is 94.4 Å². The van der Waals surface area contributed by atoms with Crippen molar-refractivity contribution >= 4 is 23.3 Å². The minimum atomic E-state index is -2.05. The van der Waals surface area contributed by atoms with Gasteiger partial charge < -0.3 is 25.7 Å². The molecule has 4 aliphatic rings. The van der Waals surface area contributed by atoms with E-state index in [0.29, 0.717) is 6.42 Å². The van der Waals surface area contributed by atoms with Crippen LogP contribution in [-0.2, 0) is 19.2 Å². The zero-order valence-electron chi connectivity index (χ0n) is 26.0. The van der Waals surface area contributed by atoms with Crippen LogP contribution in [0, 0.1) is 39.4 Å². The van der Waals surface area contributed by atoms with Crippen LogP contribution >= 0.6 is 0 Å². The van der Waals surface area contributed by atoms with E-state index in [-0.39, 0.29) is 49.1 Å². The predicted molar refractivity (Wildman–Crippen MR) is 151 cm³/mol. The maximum absolute atomic E-state index is 14.4. The van der Waals surface area contributed by atoms with Gasteiger partial charge >= 0.3 is 0 Å². The van der Waals surface area contributed by atoms with Gasteiger partial charge in [-0.3, -0.25) is 19.2 Å².